The van der Waals surface area contributed by atoms with E-state index in [-0.39, 0.29) is 24.0 Å². The molecule has 0 radical (unpaired) electrons. The van der Waals surface area contributed by atoms with Crippen molar-refractivity contribution in [3.63, 3.8) is 0 Å². The van der Waals surface area contributed by atoms with E-state index >= 15 is 0 Å². The van der Waals surface area contributed by atoms with Gasteiger partial charge in [-0.1, -0.05) is 13.8 Å². The molecule has 0 fully saturated rings. The molecule has 0 spiro atoms. The molecule has 0 aromatic rings. The van der Waals surface area contributed by atoms with Crippen molar-refractivity contribution in [2.45, 2.75) is 45.9 Å². The van der Waals surface area contributed by atoms with Gasteiger partial charge in [0.25, 0.3) is 11.8 Å². The summed E-state index contributed by atoms with van der Waals surface area (Å²) in [5.41, 5.74) is 5.58. The van der Waals surface area contributed by atoms with Crippen molar-refractivity contribution < 1.29 is 9.59 Å². The zero-order chi connectivity index (χ0) is 15.3. The van der Waals surface area contributed by atoms with E-state index in [1.807, 2.05) is 0 Å². The number of amides is 2. The Hall–Kier alpha value is -0.890. The fourth-order valence-electron chi connectivity index (χ4n) is 2.04. The van der Waals surface area contributed by atoms with Gasteiger partial charge in [0.05, 0.1) is 4.91 Å². The number of hydrazine groups is 1. The van der Waals surface area contributed by atoms with Gasteiger partial charge in [-0.3, -0.25) is 19.9 Å². The maximum atomic E-state index is 12.2. The molecular weight excluding hydrogens is 276 g/mol. The Morgan fingerprint density at radius 1 is 1.25 bits per heavy atom. The fraction of sp³-hybridized carbons (Fsp3) is 0.692. The molecule has 1 rings (SSSR count). The van der Waals surface area contributed by atoms with Gasteiger partial charge >= 0.3 is 0 Å². The van der Waals surface area contributed by atoms with E-state index in [4.69, 9.17) is 0 Å². The molecule has 2 atom stereocenters. The lowest BCUT2D eigenvalue weighted by molar-refractivity contribution is -0.140. The average Bonchev–Trinajstić information content (AvgIpc) is 2.61. The highest BCUT2D eigenvalue weighted by Crippen LogP contribution is 2.25. The van der Waals surface area contributed by atoms with E-state index in [0.29, 0.717) is 10.9 Å². The van der Waals surface area contributed by atoms with Crippen LogP contribution in [0.2, 0.25) is 0 Å². The maximum absolute atomic E-state index is 12.2. The standard InChI is InChI=1S/C13H24N4O2S/c1-8(2)15-9(3)7-20-11-6-12(18)17(13(11)19)10(4)16-14-5/h6,8-10,14-16H,7H2,1-5H3. The first kappa shape index (κ1) is 17.2. The Morgan fingerprint density at radius 3 is 2.45 bits per heavy atom. The van der Waals surface area contributed by atoms with E-state index in [1.165, 1.54) is 22.7 Å². The number of imide groups is 1. The second-order valence-electron chi connectivity index (χ2n) is 5.13. The Labute approximate surface area is 124 Å². The largest absolute Gasteiger partial charge is 0.311 e. The minimum atomic E-state index is -0.374. The van der Waals surface area contributed by atoms with E-state index in [1.54, 1.807) is 14.0 Å². The van der Waals surface area contributed by atoms with Crippen LogP contribution < -0.4 is 16.2 Å². The summed E-state index contributed by atoms with van der Waals surface area (Å²) in [5.74, 6) is 0.259. The number of carbonyl (C=O) groups is 2. The van der Waals surface area contributed by atoms with Crippen molar-refractivity contribution in [2.24, 2.45) is 0 Å². The summed E-state index contributed by atoms with van der Waals surface area (Å²) in [6, 6.07) is 0.683. The molecule has 0 saturated heterocycles. The normalized spacial score (nSPS) is 18.7. The third-order valence-corrected chi connectivity index (χ3v) is 4.04. The minimum Gasteiger partial charge on any atom is -0.311 e. The molecule has 3 N–H and O–H groups in total. The molecule has 0 aliphatic carbocycles. The Kier molecular flexibility index (Phi) is 6.67. The van der Waals surface area contributed by atoms with Gasteiger partial charge in [0.15, 0.2) is 0 Å². The van der Waals surface area contributed by atoms with Crippen LogP contribution in [0.1, 0.15) is 27.7 Å². The van der Waals surface area contributed by atoms with E-state index in [0.717, 1.165) is 5.75 Å². The van der Waals surface area contributed by atoms with Crippen LogP contribution >= 0.6 is 11.8 Å². The zero-order valence-electron chi connectivity index (χ0n) is 12.7. The van der Waals surface area contributed by atoms with Crippen molar-refractivity contribution in [2.75, 3.05) is 12.8 Å². The third-order valence-electron chi connectivity index (χ3n) is 2.77. The van der Waals surface area contributed by atoms with E-state index in [9.17, 15) is 9.59 Å². The van der Waals surface area contributed by atoms with Gasteiger partial charge in [0.1, 0.15) is 6.17 Å². The molecule has 1 heterocycles. The second-order valence-corrected chi connectivity index (χ2v) is 6.19. The van der Waals surface area contributed by atoms with E-state index in [2.05, 4.69) is 36.9 Å². The third kappa shape index (κ3) is 4.59. The number of thioether (sulfide) groups is 1. The number of hydrogen-bond acceptors (Lipinski definition) is 6. The molecule has 1 aliphatic rings. The van der Waals surface area contributed by atoms with Gasteiger partial charge in [0, 0.05) is 23.9 Å². The van der Waals surface area contributed by atoms with Crippen LogP contribution in [0.15, 0.2) is 11.0 Å². The molecule has 2 amide bonds. The highest BCUT2D eigenvalue weighted by molar-refractivity contribution is 8.04. The van der Waals surface area contributed by atoms with Crippen LogP contribution in [-0.2, 0) is 9.59 Å². The fourth-order valence-corrected chi connectivity index (χ4v) is 2.97. The average molecular weight is 300 g/mol. The first-order valence-electron chi connectivity index (χ1n) is 6.77. The van der Waals surface area contributed by atoms with E-state index < -0.39 is 0 Å². The molecule has 0 saturated carbocycles. The molecular formula is C13H24N4O2S. The molecule has 114 valence electrons. The SMILES string of the molecule is CNNC(C)N1C(=O)C=C(SCC(C)NC(C)C)C1=O. The van der Waals surface area contributed by atoms with Gasteiger partial charge in [-0.25, -0.2) is 5.43 Å². The summed E-state index contributed by atoms with van der Waals surface area (Å²) in [6.07, 6.45) is 1.05. The Morgan fingerprint density at radius 2 is 1.90 bits per heavy atom. The van der Waals surface area contributed by atoms with Gasteiger partial charge < -0.3 is 5.32 Å². The van der Waals surface area contributed by atoms with Gasteiger partial charge in [0.2, 0.25) is 0 Å². The molecule has 20 heavy (non-hydrogen) atoms. The summed E-state index contributed by atoms with van der Waals surface area (Å²) in [4.78, 5) is 25.8. The molecule has 0 aromatic carbocycles. The predicted octanol–water partition coefficient (Wildman–Crippen LogP) is 0.429. The molecule has 0 aromatic heterocycles. The van der Waals surface area contributed by atoms with Crippen LogP contribution in [0.25, 0.3) is 0 Å². The summed E-state index contributed by atoms with van der Waals surface area (Å²) in [5, 5.41) is 3.37. The monoisotopic (exact) mass is 300 g/mol. The van der Waals surface area contributed by atoms with Crippen molar-refractivity contribution in [3.05, 3.63) is 11.0 Å². The van der Waals surface area contributed by atoms with Crippen molar-refractivity contribution in [1.29, 1.82) is 0 Å². The summed E-state index contributed by atoms with van der Waals surface area (Å²) < 4.78 is 0. The van der Waals surface area contributed by atoms with Crippen LogP contribution in [0.3, 0.4) is 0 Å². The zero-order valence-corrected chi connectivity index (χ0v) is 13.5. The van der Waals surface area contributed by atoms with Crippen molar-refractivity contribution in [1.82, 2.24) is 21.1 Å². The van der Waals surface area contributed by atoms with Gasteiger partial charge in [-0.15, -0.1) is 11.8 Å². The number of hydrogen-bond donors (Lipinski definition) is 3. The molecule has 2 unspecified atom stereocenters. The second kappa shape index (κ2) is 7.78. The van der Waals surface area contributed by atoms with Crippen molar-refractivity contribution in [3.8, 4) is 0 Å². The molecule has 1 aliphatic heterocycles. The lowest BCUT2D eigenvalue weighted by atomic mass is 10.3. The maximum Gasteiger partial charge on any atom is 0.268 e. The first-order valence-corrected chi connectivity index (χ1v) is 7.75. The molecule has 7 heteroatoms. The van der Waals surface area contributed by atoms with Gasteiger partial charge in [-0.05, 0) is 20.9 Å². The lowest BCUT2D eigenvalue weighted by Gasteiger charge is -2.23. The van der Waals surface area contributed by atoms with Crippen LogP contribution in [-0.4, -0.2) is 47.8 Å². The minimum absolute atomic E-state index is 0.230. The summed E-state index contributed by atoms with van der Waals surface area (Å²) in [6.45, 7) is 7.99. The molecule has 0 bridgehead atoms. The van der Waals surface area contributed by atoms with Crippen LogP contribution in [0.5, 0.6) is 0 Å². The number of carbonyl (C=O) groups excluding carboxylic acids is 2. The van der Waals surface area contributed by atoms with Gasteiger partial charge in [-0.2, -0.15) is 0 Å². The van der Waals surface area contributed by atoms with Crippen LogP contribution in [0, 0.1) is 0 Å². The van der Waals surface area contributed by atoms with Crippen molar-refractivity contribution >= 4 is 23.6 Å². The molecule has 6 nitrogen and oxygen atoms in total. The summed E-state index contributed by atoms with van der Waals surface area (Å²) >= 11 is 1.42. The smallest absolute Gasteiger partial charge is 0.268 e. The number of nitrogens with one attached hydrogen (secondary N) is 3. The Balaban J connectivity index is 2.55. The predicted molar refractivity (Wildman–Crippen MR) is 81.8 cm³/mol. The lowest BCUT2D eigenvalue weighted by Crippen LogP contribution is -2.51. The number of rotatable bonds is 8. The highest BCUT2D eigenvalue weighted by Gasteiger charge is 2.34. The first-order chi connectivity index (χ1) is 9.36. The summed E-state index contributed by atoms with van der Waals surface area (Å²) in [7, 11) is 1.70. The Bertz CT molecular complexity index is 398. The topological polar surface area (TPSA) is 73.5 Å². The quantitative estimate of drug-likeness (QED) is 0.446. The highest BCUT2D eigenvalue weighted by atomic mass is 32.2. The van der Waals surface area contributed by atoms with Crippen LogP contribution in [0.4, 0.5) is 0 Å². The number of nitrogens with zero attached hydrogens (tertiary/aromatic N) is 1.